The molecule has 5 rings (SSSR count). The fourth-order valence-electron chi connectivity index (χ4n) is 4.22. The Morgan fingerprint density at radius 2 is 1.09 bits per heavy atom. The van der Waals surface area contributed by atoms with Crippen molar-refractivity contribution in [2.24, 2.45) is 9.98 Å². The third-order valence-corrected chi connectivity index (χ3v) is 6.07. The number of hydrogen-bond acceptors (Lipinski definition) is 4. The predicted molar refractivity (Wildman–Crippen MR) is 129 cm³/mol. The van der Waals surface area contributed by atoms with Gasteiger partial charge in [-0.2, -0.15) is 0 Å². The molecule has 2 aliphatic heterocycles. The standard InChI is InChI=1S/C28H27FN2O2/c29-28-22(18-32-24-12-8-20(9-13-24)26-6-2-16-30-26)4-1-5-23(28)19-33-25-14-10-21(11-15-25)27-7-3-17-31-27/h1,4-5,8-15H,2-3,6-7,16-19H2. The van der Waals surface area contributed by atoms with Gasteiger partial charge < -0.3 is 9.47 Å². The van der Waals surface area contributed by atoms with Gasteiger partial charge in [0.25, 0.3) is 0 Å². The minimum absolute atomic E-state index is 0.163. The van der Waals surface area contributed by atoms with Crippen LogP contribution in [0.5, 0.6) is 11.5 Å². The van der Waals surface area contributed by atoms with E-state index in [2.05, 4.69) is 9.98 Å². The van der Waals surface area contributed by atoms with Gasteiger partial charge in [-0.1, -0.05) is 18.2 Å². The fraction of sp³-hybridized carbons (Fsp3) is 0.286. The first-order valence-corrected chi connectivity index (χ1v) is 11.6. The van der Waals surface area contributed by atoms with Crippen molar-refractivity contribution >= 4 is 11.4 Å². The van der Waals surface area contributed by atoms with E-state index in [4.69, 9.17) is 9.47 Å². The summed E-state index contributed by atoms with van der Waals surface area (Å²) in [5.41, 5.74) is 5.60. The molecule has 0 bridgehead atoms. The summed E-state index contributed by atoms with van der Waals surface area (Å²) in [6.07, 6.45) is 4.29. The number of halogens is 1. The number of aliphatic imine (C=N–C) groups is 2. The van der Waals surface area contributed by atoms with Gasteiger partial charge in [-0.25, -0.2) is 4.39 Å². The molecule has 0 N–H and O–H groups in total. The zero-order chi connectivity index (χ0) is 22.5. The Kier molecular flexibility index (Phi) is 6.47. The Morgan fingerprint density at radius 3 is 1.48 bits per heavy atom. The molecule has 4 nitrogen and oxygen atoms in total. The van der Waals surface area contributed by atoms with Crippen LogP contribution < -0.4 is 9.47 Å². The van der Waals surface area contributed by atoms with E-state index in [0.29, 0.717) is 22.6 Å². The van der Waals surface area contributed by atoms with Crippen molar-refractivity contribution in [1.29, 1.82) is 0 Å². The monoisotopic (exact) mass is 442 g/mol. The lowest BCUT2D eigenvalue weighted by Gasteiger charge is -2.12. The molecule has 3 aromatic carbocycles. The number of hydrogen-bond donors (Lipinski definition) is 0. The lowest BCUT2D eigenvalue weighted by atomic mass is 10.1. The van der Waals surface area contributed by atoms with Gasteiger partial charge in [0, 0.05) is 35.6 Å². The van der Waals surface area contributed by atoms with E-state index in [-0.39, 0.29) is 19.0 Å². The van der Waals surface area contributed by atoms with Crippen molar-refractivity contribution in [3.05, 3.63) is 94.8 Å². The molecule has 0 saturated heterocycles. The Bertz CT molecular complexity index is 1080. The molecule has 2 aliphatic rings. The highest BCUT2D eigenvalue weighted by molar-refractivity contribution is 6.02. The van der Waals surface area contributed by atoms with Crippen molar-refractivity contribution in [2.45, 2.75) is 38.9 Å². The van der Waals surface area contributed by atoms with Crippen molar-refractivity contribution in [3.8, 4) is 11.5 Å². The van der Waals surface area contributed by atoms with E-state index in [9.17, 15) is 0 Å². The Hall–Kier alpha value is -3.47. The molecule has 2 heterocycles. The van der Waals surface area contributed by atoms with Crippen LogP contribution in [0.4, 0.5) is 4.39 Å². The largest absolute Gasteiger partial charge is 0.489 e. The second-order valence-electron chi connectivity index (χ2n) is 8.38. The molecule has 0 saturated carbocycles. The topological polar surface area (TPSA) is 43.2 Å². The van der Waals surface area contributed by atoms with Crippen LogP contribution in [0, 0.1) is 5.82 Å². The third kappa shape index (κ3) is 5.14. The van der Waals surface area contributed by atoms with Crippen LogP contribution >= 0.6 is 0 Å². The molecule has 0 radical (unpaired) electrons. The first kappa shape index (κ1) is 21.4. The van der Waals surface area contributed by atoms with Crippen molar-refractivity contribution in [2.75, 3.05) is 13.1 Å². The SMILES string of the molecule is Fc1c(COc2ccc(C3=NCCC3)cc2)cccc1COc1ccc(C2=NCCC2)cc1. The van der Waals surface area contributed by atoms with Crippen molar-refractivity contribution in [3.63, 3.8) is 0 Å². The summed E-state index contributed by atoms with van der Waals surface area (Å²) in [7, 11) is 0. The Morgan fingerprint density at radius 1 is 0.636 bits per heavy atom. The normalized spacial score (nSPS) is 15.3. The van der Waals surface area contributed by atoms with Gasteiger partial charge in [-0.05, 0) is 85.3 Å². The van der Waals surface area contributed by atoms with E-state index in [1.165, 1.54) is 0 Å². The fourth-order valence-corrected chi connectivity index (χ4v) is 4.22. The molecule has 3 aromatic rings. The molecule has 0 aromatic heterocycles. The van der Waals surface area contributed by atoms with Gasteiger partial charge in [0.05, 0.1) is 0 Å². The smallest absolute Gasteiger partial charge is 0.136 e. The average molecular weight is 443 g/mol. The van der Waals surface area contributed by atoms with Gasteiger partial charge in [0.1, 0.15) is 30.5 Å². The maximum atomic E-state index is 15.0. The first-order chi connectivity index (χ1) is 16.3. The van der Waals surface area contributed by atoms with E-state index >= 15 is 4.39 Å². The Balaban J connectivity index is 1.18. The lowest BCUT2D eigenvalue weighted by Crippen LogP contribution is -2.05. The van der Waals surface area contributed by atoms with E-state index in [1.54, 1.807) is 12.1 Å². The zero-order valence-corrected chi connectivity index (χ0v) is 18.6. The molecule has 0 fully saturated rings. The highest BCUT2D eigenvalue weighted by Gasteiger charge is 2.12. The summed E-state index contributed by atoms with van der Waals surface area (Å²) >= 11 is 0. The van der Waals surface area contributed by atoms with Gasteiger partial charge in [0.2, 0.25) is 0 Å². The highest BCUT2D eigenvalue weighted by Crippen LogP contribution is 2.22. The number of benzene rings is 3. The first-order valence-electron chi connectivity index (χ1n) is 11.6. The maximum Gasteiger partial charge on any atom is 0.136 e. The van der Waals surface area contributed by atoms with Gasteiger partial charge >= 0.3 is 0 Å². The summed E-state index contributed by atoms with van der Waals surface area (Å²) in [5, 5.41) is 0. The summed E-state index contributed by atoms with van der Waals surface area (Å²) in [5.74, 6) is 1.14. The van der Waals surface area contributed by atoms with Crippen LogP contribution in [-0.2, 0) is 13.2 Å². The van der Waals surface area contributed by atoms with E-state index in [1.807, 2.05) is 54.6 Å². The summed E-state index contributed by atoms with van der Waals surface area (Å²) < 4.78 is 26.7. The summed E-state index contributed by atoms with van der Waals surface area (Å²) in [6.45, 7) is 2.15. The van der Waals surface area contributed by atoms with Gasteiger partial charge in [0.15, 0.2) is 0 Å². The molecule has 168 valence electrons. The quantitative estimate of drug-likeness (QED) is 0.420. The van der Waals surface area contributed by atoms with Crippen LogP contribution in [0.2, 0.25) is 0 Å². The van der Waals surface area contributed by atoms with Gasteiger partial charge in [-0.3, -0.25) is 9.98 Å². The lowest BCUT2D eigenvalue weighted by molar-refractivity contribution is 0.287. The molecule has 0 atom stereocenters. The van der Waals surface area contributed by atoms with E-state index < -0.39 is 0 Å². The molecular formula is C28H27FN2O2. The van der Waals surface area contributed by atoms with Crippen LogP contribution in [0.15, 0.2) is 76.7 Å². The molecule has 33 heavy (non-hydrogen) atoms. The molecular weight excluding hydrogens is 415 g/mol. The Labute approximate surface area is 193 Å². The second-order valence-corrected chi connectivity index (χ2v) is 8.38. The van der Waals surface area contributed by atoms with Crippen LogP contribution in [0.3, 0.4) is 0 Å². The third-order valence-electron chi connectivity index (χ3n) is 6.07. The minimum Gasteiger partial charge on any atom is -0.489 e. The molecule has 0 amide bonds. The molecule has 0 unspecified atom stereocenters. The number of nitrogens with zero attached hydrogens (tertiary/aromatic N) is 2. The average Bonchev–Trinajstić information content (AvgIpc) is 3.58. The van der Waals surface area contributed by atoms with Crippen LogP contribution in [0.1, 0.15) is 47.9 Å². The molecule has 5 heteroatoms. The van der Waals surface area contributed by atoms with Crippen molar-refractivity contribution in [1.82, 2.24) is 0 Å². The second kappa shape index (κ2) is 9.99. The predicted octanol–water partition coefficient (Wildman–Crippen LogP) is 6.15. The maximum absolute atomic E-state index is 15.0. The van der Waals surface area contributed by atoms with Crippen molar-refractivity contribution < 1.29 is 13.9 Å². The highest BCUT2D eigenvalue weighted by atomic mass is 19.1. The molecule has 0 aliphatic carbocycles. The van der Waals surface area contributed by atoms with Crippen LogP contribution in [0.25, 0.3) is 0 Å². The number of ether oxygens (including phenoxy) is 2. The zero-order valence-electron chi connectivity index (χ0n) is 18.6. The minimum atomic E-state index is -0.286. The number of rotatable bonds is 8. The summed E-state index contributed by atoms with van der Waals surface area (Å²) in [4.78, 5) is 9.04. The summed E-state index contributed by atoms with van der Waals surface area (Å²) in [6, 6.07) is 21.1. The van der Waals surface area contributed by atoms with Crippen LogP contribution in [-0.4, -0.2) is 24.5 Å². The molecule has 0 spiro atoms. The van der Waals surface area contributed by atoms with E-state index in [0.717, 1.165) is 61.3 Å². The van der Waals surface area contributed by atoms with Gasteiger partial charge in [-0.15, -0.1) is 0 Å².